The first-order valence-electron chi connectivity index (χ1n) is 8.99. The van der Waals surface area contributed by atoms with Crippen LogP contribution in [0.15, 0.2) is 0 Å². The molecule has 0 aliphatic rings. The van der Waals surface area contributed by atoms with E-state index in [9.17, 15) is 0 Å². The highest BCUT2D eigenvalue weighted by molar-refractivity contribution is 4.55. The molecule has 0 bridgehead atoms. The van der Waals surface area contributed by atoms with Crippen LogP contribution in [-0.4, -0.2) is 48.8 Å². The van der Waals surface area contributed by atoms with Crippen molar-refractivity contribution in [1.29, 1.82) is 0 Å². The van der Waals surface area contributed by atoms with Crippen LogP contribution in [0.4, 0.5) is 0 Å². The van der Waals surface area contributed by atoms with Crippen molar-refractivity contribution >= 4 is 0 Å². The first-order valence-corrected chi connectivity index (χ1v) is 8.99. The maximum Gasteiger partial charge on any atom is 0.0779 e. The molecule has 0 heterocycles. The van der Waals surface area contributed by atoms with E-state index in [-0.39, 0.29) is 12.7 Å². The molecule has 0 saturated carbocycles. The second kappa shape index (κ2) is 18.9. The summed E-state index contributed by atoms with van der Waals surface area (Å²) in [6, 6.07) is 0. The van der Waals surface area contributed by atoms with Crippen molar-refractivity contribution in [2.75, 3.05) is 26.4 Å². The smallest absolute Gasteiger partial charge is 0.0779 e. The predicted molar refractivity (Wildman–Crippen MR) is 93.2 cm³/mol. The summed E-state index contributed by atoms with van der Waals surface area (Å²) < 4.78 is 10.6. The number of ether oxygens (including phenoxy) is 2. The maximum atomic E-state index is 8.69. The standard InChI is InChI=1S/C12H26O.C6H14O3/c1-4-7-9-12(6-3)11-13-10-8-5-2;1-5(8)4-9-6(2)3-7/h12H,4-11H2,1-3H3;5-8H,3-4H2,1-2H3. The van der Waals surface area contributed by atoms with E-state index < -0.39 is 6.10 Å². The first kappa shape index (κ1) is 24.1. The third-order valence-electron chi connectivity index (χ3n) is 3.42. The molecule has 2 N–H and O–H groups in total. The van der Waals surface area contributed by atoms with E-state index in [0.717, 1.165) is 19.1 Å². The van der Waals surface area contributed by atoms with Gasteiger partial charge in [0.2, 0.25) is 0 Å². The van der Waals surface area contributed by atoms with Gasteiger partial charge in [-0.05, 0) is 32.6 Å². The minimum Gasteiger partial charge on any atom is -0.394 e. The van der Waals surface area contributed by atoms with Crippen molar-refractivity contribution in [2.24, 2.45) is 5.92 Å². The number of aliphatic hydroxyl groups excluding tert-OH is 2. The molecule has 0 spiro atoms. The third kappa shape index (κ3) is 19.8. The summed E-state index contributed by atoms with van der Waals surface area (Å²) >= 11 is 0. The molecular formula is C18H40O4. The van der Waals surface area contributed by atoms with Gasteiger partial charge >= 0.3 is 0 Å². The highest BCUT2D eigenvalue weighted by Gasteiger charge is 2.05. The van der Waals surface area contributed by atoms with E-state index in [1.165, 1.54) is 38.5 Å². The Balaban J connectivity index is 0. The predicted octanol–water partition coefficient (Wildman–Crippen LogP) is 3.78. The lowest BCUT2D eigenvalue weighted by Gasteiger charge is -2.14. The Kier molecular flexibility index (Phi) is 20.7. The fourth-order valence-corrected chi connectivity index (χ4v) is 1.75. The molecule has 136 valence electrons. The van der Waals surface area contributed by atoms with Crippen molar-refractivity contribution in [3.05, 3.63) is 0 Å². The SMILES string of the molecule is CC(O)COC(C)CO.CCCCOCC(CC)CCCC. The summed E-state index contributed by atoms with van der Waals surface area (Å²) in [5.41, 5.74) is 0. The minimum absolute atomic E-state index is 0.00667. The van der Waals surface area contributed by atoms with Gasteiger partial charge in [-0.1, -0.05) is 46.5 Å². The van der Waals surface area contributed by atoms with Crippen LogP contribution in [0.3, 0.4) is 0 Å². The van der Waals surface area contributed by atoms with Gasteiger partial charge in [0.25, 0.3) is 0 Å². The van der Waals surface area contributed by atoms with E-state index in [1.807, 2.05) is 0 Å². The fourth-order valence-electron chi connectivity index (χ4n) is 1.75. The number of hydrogen-bond donors (Lipinski definition) is 2. The van der Waals surface area contributed by atoms with Gasteiger partial charge in [-0.25, -0.2) is 0 Å². The van der Waals surface area contributed by atoms with Gasteiger partial charge in [-0.2, -0.15) is 0 Å². The summed E-state index contributed by atoms with van der Waals surface area (Å²) in [6.07, 6.45) is 7.13. The second-order valence-electron chi connectivity index (χ2n) is 6.02. The van der Waals surface area contributed by atoms with Gasteiger partial charge in [0.15, 0.2) is 0 Å². The summed E-state index contributed by atoms with van der Waals surface area (Å²) in [6.45, 7) is 12.4. The molecule has 4 nitrogen and oxygen atoms in total. The van der Waals surface area contributed by atoms with Gasteiger partial charge in [0.1, 0.15) is 0 Å². The topological polar surface area (TPSA) is 58.9 Å². The average Bonchev–Trinajstić information content (AvgIpc) is 2.52. The Hall–Kier alpha value is -0.160. The highest BCUT2D eigenvalue weighted by atomic mass is 16.5. The second-order valence-corrected chi connectivity index (χ2v) is 6.02. The molecule has 0 aliphatic carbocycles. The van der Waals surface area contributed by atoms with Crippen LogP contribution in [0.1, 0.15) is 73.1 Å². The van der Waals surface area contributed by atoms with Crippen LogP contribution in [0.2, 0.25) is 0 Å². The molecule has 0 rings (SSSR count). The molecule has 0 amide bonds. The van der Waals surface area contributed by atoms with Crippen LogP contribution in [-0.2, 0) is 9.47 Å². The van der Waals surface area contributed by atoms with Crippen LogP contribution in [0.25, 0.3) is 0 Å². The highest BCUT2D eigenvalue weighted by Crippen LogP contribution is 2.12. The van der Waals surface area contributed by atoms with E-state index in [4.69, 9.17) is 19.7 Å². The number of rotatable bonds is 13. The van der Waals surface area contributed by atoms with Crippen LogP contribution in [0, 0.1) is 5.92 Å². The molecule has 0 aromatic carbocycles. The van der Waals surface area contributed by atoms with E-state index >= 15 is 0 Å². The van der Waals surface area contributed by atoms with E-state index in [0.29, 0.717) is 6.61 Å². The third-order valence-corrected chi connectivity index (χ3v) is 3.42. The Morgan fingerprint density at radius 3 is 2.05 bits per heavy atom. The number of hydrogen-bond acceptors (Lipinski definition) is 4. The Labute approximate surface area is 138 Å². The fraction of sp³-hybridized carbons (Fsp3) is 1.00. The number of aliphatic hydroxyl groups is 2. The van der Waals surface area contributed by atoms with Crippen molar-refractivity contribution in [1.82, 2.24) is 0 Å². The molecule has 0 aliphatic heterocycles. The molecule has 4 heteroatoms. The van der Waals surface area contributed by atoms with Gasteiger partial charge in [0, 0.05) is 13.2 Å². The van der Waals surface area contributed by atoms with Crippen LogP contribution < -0.4 is 0 Å². The monoisotopic (exact) mass is 320 g/mol. The van der Waals surface area contributed by atoms with E-state index in [2.05, 4.69) is 20.8 Å². The molecule has 0 saturated heterocycles. The zero-order valence-electron chi connectivity index (χ0n) is 15.5. The minimum atomic E-state index is -0.445. The molecule has 22 heavy (non-hydrogen) atoms. The molecule has 3 atom stereocenters. The van der Waals surface area contributed by atoms with Crippen molar-refractivity contribution in [3.8, 4) is 0 Å². The van der Waals surface area contributed by atoms with Crippen molar-refractivity contribution in [2.45, 2.75) is 85.4 Å². The lowest BCUT2D eigenvalue weighted by atomic mass is 10.0. The summed E-state index contributed by atoms with van der Waals surface area (Å²) in [7, 11) is 0. The largest absolute Gasteiger partial charge is 0.394 e. The molecule has 0 fully saturated rings. The van der Waals surface area contributed by atoms with Gasteiger partial charge in [-0.15, -0.1) is 0 Å². The first-order chi connectivity index (χ1) is 10.5. The zero-order chi connectivity index (χ0) is 17.2. The Morgan fingerprint density at radius 2 is 1.59 bits per heavy atom. The lowest BCUT2D eigenvalue weighted by molar-refractivity contribution is -0.0177. The molecule has 0 aromatic rings. The van der Waals surface area contributed by atoms with Gasteiger partial charge < -0.3 is 19.7 Å². The number of unbranched alkanes of at least 4 members (excludes halogenated alkanes) is 2. The lowest BCUT2D eigenvalue weighted by Crippen LogP contribution is -2.19. The molecular weight excluding hydrogens is 280 g/mol. The summed E-state index contributed by atoms with van der Waals surface area (Å²) in [5.74, 6) is 0.803. The maximum absolute atomic E-state index is 8.69. The van der Waals surface area contributed by atoms with E-state index in [1.54, 1.807) is 13.8 Å². The average molecular weight is 321 g/mol. The summed E-state index contributed by atoms with van der Waals surface area (Å²) in [4.78, 5) is 0. The zero-order valence-corrected chi connectivity index (χ0v) is 15.5. The van der Waals surface area contributed by atoms with Crippen LogP contribution >= 0.6 is 0 Å². The Bertz CT molecular complexity index is 198. The quantitative estimate of drug-likeness (QED) is 0.507. The van der Waals surface area contributed by atoms with Crippen molar-refractivity contribution < 1.29 is 19.7 Å². The molecule has 0 radical (unpaired) electrons. The molecule has 0 aromatic heterocycles. The Morgan fingerprint density at radius 1 is 0.955 bits per heavy atom. The van der Waals surface area contributed by atoms with Gasteiger partial charge in [0.05, 0.1) is 25.4 Å². The normalized spacial score (nSPS) is 14.9. The summed E-state index contributed by atoms with van der Waals surface area (Å²) in [5, 5.41) is 17.1. The van der Waals surface area contributed by atoms with Crippen LogP contribution in [0.5, 0.6) is 0 Å². The van der Waals surface area contributed by atoms with Crippen molar-refractivity contribution in [3.63, 3.8) is 0 Å². The molecule has 3 unspecified atom stereocenters. The van der Waals surface area contributed by atoms with Gasteiger partial charge in [-0.3, -0.25) is 0 Å².